The number of aromatic nitrogens is 3. The second-order valence-electron chi connectivity index (χ2n) is 5.90. The lowest BCUT2D eigenvalue weighted by atomic mass is 10.1. The highest BCUT2D eigenvalue weighted by Crippen LogP contribution is 2.28. The molecule has 0 aromatic carbocycles. The van der Waals surface area contributed by atoms with Crippen LogP contribution in [0.25, 0.3) is 16.2 Å². The Labute approximate surface area is 148 Å². The summed E-state index contributed by atoms with van der Waals surface area (Å²) in [6.45, 7) is 3.74. The summed E-state index contributed by atoms with van der Waals surface area (Å²) in [5.74, 6) is -0.0435. The van der Waals surface area contributed by atoms with Crippen LogP contribution in [-0.2, 0) is 4.79 Å². The SMILES string of the molecule is CC(=O)N1CCN(C(=O)c2nc3sccn3c2-c2ccncc2)CC1. The van der Waals surface area contributed by atoms with Crippen LogP contribution in [0.15, 0.2) is 36.1 Å². The van der Waals surface area contributed by atoms with Gasteiger partial charge in [-0.15, -0.1) is 11.3 Å². The van der Waals surface area contributed by atoms with E-state index >= 15 is 0 Å². The molecule has 8 heteroatoms. The zero-order chi connectivity index (χ0) is 17.4. The molecule has 0 saturated carbocycles. The van der Waals surface area contributed by atoms with Crippen molar-refractivity contribution in [2.24, 2.45) is 0 Å². The number of piperazine rings is 1. The number of carbonyl (C=O) groups excluding carboxylic acids is 2. The number of amides is 2. The van der Waals surface area contributed by atoms with Crippen molar-refractivity contribution in [3.05, 3.63) is 41.8 Å². The molecule has 1 aliphatic heterocycles. The molecule has 3 aromatic rings. The molecule has 2 amide bonds. The first-order chi connectivity index (χ1) is 12.1. The van der Waals surface area contributed by atoms with Crippen LogP contribution < -0.4 is 0 Å². The Bertz CT molecular complexity index is 925. The van der Waals surface area contributed by atoms with Crippen molar-refractivity contribution in [3.8, 4) is 11.3 Å². The molecular formula is C17H17N5O2S. The predicted molar refractivity (Wildman–Crippen MR) is 94.5 cm³/mol. The van der Waals surface area contributed by atoms with Gasteiger partial charge in [-0.05, 0) is 12.1 Å². The van der Waals surface area contributed by atoms with E-state index in [1.165, 1.54) is 11.3 Å². The number of hydrogen-bond acceptors (Lipinski definition) is 5. The molecule has 25 heavy (non-hydrogen) atoms. The van der Waals surface area contributed by atoms with Gasteiger partial charge in [-0.1, -0.05) is 0 Å². The minimum Gasteiger partial charge on any atom is -0.339 e. The van der Waals surface area contributed by atoms with Crippen LogP contribution in [0.4, 0.5) is 0 Å². The van der Waals surface area contributed by atoms with Gasteiger partial charge in [0, 0.05) is 62.6 Å². The van der Waals surface area contributed by atoms with Crippen molar-refractivity contribution >= 4 is 28.1 Å². The third-order valence-electron chi connectivity index (χ3n) is 4.43. The number of rotatable bonds is 2. The highest BCUT2D eigenvalue weighted by atomic mass is 32.1. The first kappa shape index (κ1) is 15.8. The van der Waals surface area contributed by atoms with E-state index in [1.807, 2.05) is 28.1 Å². The zero-order valence-corrected chi connectivity index (χ0v) is 14.6. The summed E-state index contributed by atoms with van der Waals surface area (Å²) in [7, 11) is 0. The number of fused-ring (bicyclic) bond motifs is 1. The number of carbonyl (C=O) groups is 2. The molecule has 3 aromatic heterocycles. The molecule has 0 aliphatic carbocycles. The zero-order valence-electron chi connectivity index (χ0n) is 13.8. The smallest absolute Gasteiger partial charge is 0.274 e. The summed E-state index contributed by atoms with van der Waals surface area (Å²) >= 11 is 1.50. The molecule has 0 N–H and O–H groups in total. The molecule has 1 saturated heterocycles. The van der Waals surface area contributed by atoms with Crippen molar-refractivity contribution in [2.45, 2.75) is 6.92 Å². The lowest BCUT2D eigenvalue weighted by Crippen LogP contribution is -2.50. The average molecular weight is 355 g/mol. The molecule has 0 spiro atoms. The van der Waals surface area contributed by atoms with E-state index in [2.05, 4.69) is 9.97 Å². The highest BCUT2D eigenvalue weighted by molar-refractivity contribution is 7.15. The fourth-order valence-electron chi connectivity index (χ4n) is 3.09. The fourth-order valence-corrected chi connectivity index (χ4v) is 3.81. The van der Waals surface area contributed by atoms with Gasteiger partial charge < -0.3 is 9.80 Å². The maximum atomic E-state index is 13.1. The number of nitrogens with zero attached hydrogens (tertiary/aromatic N) is 5. The van der Waals surface area contributed by atoms with Crippen LogP contribution in [0.3, 0.4) is 0 Å². The van der Waals surface area contributed by atoms with Gasteiger partial charge >= 0.3 is 0 Å². The molecule has 128 valence electrons. The summed E-state index contributed by atoms with van der Waals surface area (Å²) in [6, 6.07) is 3.76. The second kappa shape index (κ2) is 6.29. The number of pyridine rings is 1. The van der Waals surface area contributed by atoms with Crippen LogP contribution in [0.5, 0.6) is 0 Å². The Morgan fingerprint density at radius 2 is 1.76 bits per heavy atom. The molecule has 4 heterocycles. The minimum atomic E-state index is -0.0917. The third-order valence-corrected chi connectivity index (χ3v) is 5.19. The molecule has 1 aliphatic rings. The average Bonchev–Trinajstić information content (AvgIpc) is 3.22. The first-order valence-corrected chi connectivity index (χ1v) is 8.94. The molecule has 0 radical (unpaired) electrons. The van der Waals surface area contributed by atoms with Crippen LogP contribution in [-0.4, -0.2) is 62.2 Å². The van der Waals surface area contributed by atoms with E-state index in [4.69, 9.17) is 0 Å². The fraction of sp³-hybridized carbons (Fsp3) is 0.294. The monoisotopic (exact) mass is 355 g/mol. The van der Waals surface area contributed by atoms with Crippen LogP contribution in [0.1, 0.15) is 17.4 Å². The second-order valence-corrected chi connectivity index (χ2v) is 6.77. The number of imidazole rings is 1. The molecular weight excluding hydrogens is 338 g/mol. The lowest BCUT2D eigenvalue weighted by molar-refractivity contribution is -0.130. The van der Waals surface area contributed by atoms with Crippen molar-refractivity contribution in [2.75, 3.05) is 26.2 Å². The molecule has 0 unspecified atom stereocenters. The highest BCUT2D eigenvalue weighted by Gasteiger charge is 2.28. The van der Waals surface area contributed by atoms with Gasteiger partial charge in [0.05, 0.1) is 5.69 Å². The van der Waals surface area contributed by atoms with Crippen LogP contribution in [0.2, 0.25) is 0 Å². The van der Waals surface area contributed by atoms with Gasteiger partial charge in [0.1, 0.15) is 0 Å². The van der Waals surface area contributed by atoms with E-state index in [-0.39, 0.29) is 11.8 Å². The van der Waals surface area contributed by atoms with Crippen molar-refractivity contribution in [1.29, 1.82) is 0 Å². The van der Waals surface area contributed by atoms with Gasteiger partial charge in [-0.3, -0.25) is 19.0 Å². The molecule has 4 rings (SSSR count). The van der Waals surface area contributed by atoms with Crippen molar-refractivity contribution in [1.82, 2.24) is 24.2 Å². The predicted octanol–water partition coefficient (Wildman–Crippen LogP) is 1.76. The Balaban J connectivity index is 1.69. The summed E-state index contributed by atoms with van der Waals surface area (Å²) in [4.78, 5) is 37.5. The standard InChI is InChI=1S/C17H17N5O2S/c1-12(23)20-6-8-21(9-7-20)16(24)14-15(13-2-4-18-5-3-13)22-10-11-25-17(22)19-14/h2-5,10-11H,6-9H2,1H3. The maximum Gasteiger partial charge on any atom is 0.274 e. The van der Waals surface area contributed by atoms with E-state index in [0.29, 0.717) is 31.9 Å². The Morgan fingerprint density at radius 1 is 1.08 bits per heavy atom. The first-order valence-electron chi connectivity index (χ1n) is 8.06. The van der Waals surface area contributed by atoms with Gasteiger partial charge in [-0.2, -0.15) is 0 Å². The van der Waals surface area contributed by atoms with Crippen LogP contribution >= 0.6 is 11.3 Å². The van der Waals surface area contributed by atoms with Gasteiger partial charge in [0.15, 0.2) is 10.7 Å². The summed E-state index contributed by atoms with van der Waals surface area (Å²) in [5.41, 5.74) is 2.15. The third kappa shape index (κ3) is 2.78. The van der Waals surface area contributed by atoms with E-state index in [9.17, 15) is 9.59 Å². The van der Waals surface area contributed by atoms with Gasteiger partial charge in [0.2, 0.25) is 5.91 Å². The quantitative estimate of drug-likeness (QED) is 0.702. The molecule has 7 nitrogen and oxygen atoms in total. The summed E-state index contributed by atoms with van der Waals surface area (Å²) in [5, 5.41) is 1.95. The Morgan fingerprint density at radius 3 is 2.44 bits per heavy atom. The minimum absolute atomic E-state index is 0.0482. The summed E-state index contributed by atoms with van der Waals surface area (Å²) in [6.07, 6.45) is 5.34. The van der Waals surface area contributed by atoms with Crippen molar-refractivity contribution in [3.63, 3.8) is 0 Å². The molecule has 0 bridgehead atoms. The molecule has 1 fully saturated rings. The van der Waals surface area contributed by atoms with Crippen LogP contribution in [0, 0.1) is 0 Å². The van der Waals surface area contributed by atoms with E-state index in [0.717, 1.165) is 16.2 Å². The number of hydrogen-bond donors (Lipinski definition) is 0. The normalized spacial score (nSPS) is 14.9. The Hall–Kier alpha value is -2.74. The van der Waals surface area contributed by atoms with Crippen molar-refractivity contribution < 1.29 is 9.59 Å². The number of thiazole rings is 1. The van der Waals surface area contributed by atoms with Gasteiger partial charge in [0.25, 0.3) is 5.91 Å². The lowest BCUT2D eigenvalue weighted by Gasteiger charge is -2.34. The van der Waals surface area contributed by atoms with E-state index < -0.39 is 0 Å². The Kier molecular flexibility index (Phi) is 3.96. The summed E-state index contributed by atoms with van der Waals surface area (Å²) < 4.78 is 1.94. The van der Waals surface area contributed by atoms with Gasteiger partial charge in [-0.25, -0.2) is 4.98 Å². The van der Waals surface area contributed by atoms with E-state index in [1.54, 1.807) is 29.1 Å². The maximum absolute atomic E-state index is 13.1. The molecule has 0 atom stereocenters. The topological polar surface area (TPSA) is 70.8 Å². The largest absolute Gasteiger partial charge is 0.339 e.